The molecule has 0 bridgehead atoms. The molecule has 1 aromatic carbocycles. The zero-order valence-electron chi connectivity index (χ0n) is 12.2. The van der Waals surface area contributed by atoms with E-state index in [9.17, 15) is 13.2 Å². The molecule has 0 aromatic heterocycles. The molecule has 0 fully saturated rings. The molecule has 2 N–H and O–H groups in total. The van der Waals surface area contributed by atoms with E-state index in [4.69, 9.17) is 5.11 Å². The van der Waals surface area contributed by atoms with Gasteiger partial charge in [0.25, 0.3) is 0 Å². The predicted molar refractivity (Wildman–Crippen MR) is 77.2 cm³/mol. The smallest absolute Gasteiger partial charge is 0.303 e. The molecular weight excluding hydrogens is 278 g/mol. The molecule has 0 atom stereocenters. The van der Waals surface area contributed by atoms with E-state index in [-0.39, 0.29) is 17.7 Å². The lowest BCUT2D eigenvalue weighted by Gasteiger charge is -2.25. The molecule has 0 saturated heterocycles. The second kappa shape index (κ2) is 5.93. The van der Waals surface area contributed by atoms with Crippen LogP contribution in [0.25, 0.3) is 0 Å². The number of hydrogen-bond donors (Lipinski definition) is 2. The second-order valence-electron chi connectivity index (χ2n) is 5.65. The van der Waals surface area contributed by atoms with Crippen molar-refractivity contribution < 1.29 is 18.3 Å². The minimum atomic E-state index is -3.66. The van der Waals surface area contributed by atoms with Crippen LogP contribution in [0.15, 0.2) is 23.1 Å². The predicted octanol–water partition coefficient (Wildman–Crippen LogP) is 2.23. The second-order valence-corrected chi connectivity index (χ2v) is 7.30. The summed E-state index contributed by atoms with van der Waals surface area (Å²) in [7, 11) is -3.66. The van der Waals surface area contributed by atoms with Crippen molar-refractivity contribution in [3.63, 3.8) is 0 Å². The zero-order chi connectivity index (χ0) is 15.6. The highest BCUT2D eigenvalue weighted by Gasteiger charge is 2.27. The third kappa shape index (κ3) is 4.61. The van der Waals surface area contributed by atoms with Crippen molar-refractivity contribution in [3.8, 4) is 0 Å². The molecule has 0 unspecified atom stereocenters. The molecule has 0 heterocycles. The Hall–Kier alpha value is -1.40. The summed E-state index contributed by atoms with van der Waals surface area (Å²) in [6, 6.07) is 5.23. The van der Waals surface area contributed by atoms with Crippen molar-refractivity contribution >= 4 is 16.0 Å². The van der Waals surface area contributed by atoms with Gasteiger partial charge in [0, 0.05) is 12.0 Å². The largest absolute Gasteiger partial charge is 0.481 e. The first kappa shape index (κ1) is 16.7. The number of sulfonamides is 1. The third-order valence-corrected chi connectivity index (χ3v) is 4.85. The average Bonchev–Trinajstić information content (AvgIpc) is 2.28. The van der Waals surface area contributed by atoms with Gasteiger partial charge in [0.15, 0.2) is 0 Å². The molecule has 0 amide bonds. The fourth-order valence-corrected chi connectivity index (χ4v) is 3.66. The molecule has 0 radical (unpaired) electrons. The van der Waals surface area contributed by atoms with E-state index in [2.05, 4.69) is 4.72 Å². The summed E-state index contributed by atoms with van der Waals surface area (Å²) >= 11 is 0. The number of carboxylic acid groups (broad SMARTS) is 1. The first-order valence-electron chi connectivity index (χ1n) is 6.36. The normalized spacial score (nSPS) is 12.4. The van der Waals surface area contributed by atoms with Crippen LogP contribution in [-0.2, 0) is 14.8 Å². The van der Waals surface area contributed by atoms with E-state index in [0.717, 1.165) is 5.56 Å². The maximum atomic E-state index is 12.4. The Kier molecular flexibility index (Phi) is 4.94. The van der Waals surface area contributed by atoms with Crippen LogP contribution in [0, 0.1) is 13.8 Å². The van der Waals surface area contributed by atoms with E-state index < -0.39 is 21.5 Å². The van der Waals surface area contributed by atoms with Gasteiger partial charge in [-0.1, -0.05) is 12.1 Å². The van der Waals surface area contributed by atoms with Crippen molar-refractivity contribution in [2.45, 2.75) is 51.0 Å². The van der Waals surface area contributed by atoms with Crippen LogP contribution in [0.1, 0.15) is 37.8 Å². The number of benzene rings is 1. The number of aryl methyl sites for hydroxylation is 2. The van der Waals surface area contributed by atoms with Gasteiger partial charge < -0.3 is 5.11 Å². The lowest BCUT2D eigenvalue weighted by Crippen LogP contribution is -2.43. The molecule has 1 rings (SSSR count). The summed E-state index contributed by atoms with van der Waals surface area (Å²) in [6.45, 7) is 6.92. The highest BCUT2D eigenvalue weighted by atomic mass is 32.2. The summed E-state index contributed by atoms with van der Waals surface area (Å²) in [4.78, 5) is 10.8. The van der Waals surface area contributed by atoms with Crippen molar-refractivity contribution in [1.29, 1.82) is 0 Å². The van der Waals surface area contributed by atoms with Gasteiger partial charge in [-0.05, 0) is 51.3 Å². The highest BCUT2D eigenvalue weighted by molar-refractivity contribution is 7.89. The molecule has 6 heteroatoms. The highest BCUT2D eigenvalue weighted by Crippen LogP contribution is 2.20. The van der Waals surface area contributed by atoms with Crippen LogP contribution in [0.3, 0.4) is 0 Å². The molecule has 0 spiro atoms. The number of carboxylic acids is 1. The number of nitrogens with one attached hydrogen (secondary N) is 1. The van der Waals surface area contributed by atoms with E-state index in [1.54, 1.807) is 32.9 Å². The van der Waals surface area contributed by atoms with Crippen LogP contribution in [-0.4, -0.2) is 25.0 Å². The van der Waals surface area contributed by atoms with Crippen LogP contribution in [0.5, 0.6) is 0 Å². The SMILES string of the molecule is Cc1ccc(C)c(S(=O)(=O)NC(C)(C)CCC(=O)O)c1. The number of carbonyl (C=O) groups is 1. The van der Waals surface area contributed by atoms with Crippen LogP contribution < -0.4 is 4.72 Å². The number of hydrogen-bond acceptors (Lipinski definition) is 3. The summed E-state index contributed by atoms with van der Waals surface area (Å²) in [5, 5.41) is 8.70. The molecular formula is C14H21NO4S. The molecule has 20 heavy (non-hydrogen) atoms. The monoisotopic (exact) mass is 299 g/mol. The fraction of sp³-hybridized carbons (Fsp3) is 0.500. The molecule has 1 aromatic rings. The first-order valence-corrected chi connectivity index (χ1v) is 7.85. The molecule has 0 aliphatic heterocycles. The standard InChI is InChI=1S/C14H21NO4S/c1-10-5-6-11(2)12(9-10)20(18,19)15-14(3,4)8-7-13(16)17/h5-6,9,15H,7-8H2,1-4H3,(H,16,17). The first-order chi connectivity index (χ1) is 9.03. The van der Waals surface area contributed by atoms with E-state index >= 15 is 0 Å². The Balaban J connectivity index is 3.00. The van der Waals surface area contributed by atoms with Gasteiger partial charge in [-0.15, -0.1) is 0 Å². The molecule has 0 saturated carbocycles. The summed E-state index contributed by atoms with van der Waals surface area (Å²) in [5.41, 5.74) is 0.712. The Labute approximate surface area is 120 Å². The average molecular weight is 299 g/mol. The van der Waals surface area contributed by atoms with Gasteiger partial charge in [0.05, 0.1) is 4.90 Å². The molecule has 0 aliphatic rings. The lowest BCUT2D eigenvalue weighted by atomic mass is 10.0. The van der Waals surface area contributed by atoms with Crippen molar-refractivity contribution in [2.75, 3.05) is 0 Å². The van der Waals surface area contributed by atoms with E-state index in [1.807, 2.05) is 13.0 Å². The summed E-state index contributed by atoms with van der Waals surface area (Å²) in [5.74, 6) is -0.941. The van der Waals surface area contributed by atoms with E-state index in [1.165, 1.54) is 0 Å². The minimum absolute atomic E-state index is 0.0810. The number of aliphatic carboxylic acids is 1. The van der Waals surface area contributed by atoms with Crippen molar-refractivity contribution in [1.82, 2.24) is 4.72 Å². The Morgan fingerprint density at radius 1 is 1.30 bits per heavy atom. The fourth-order valence-electron chi connectivity index (χ4n) is 1.89. The Morgan fingerprint density at radius 3 is 2.45 bits per heavy atom. The lowest BCUT2D eigenvalue weighted by molar-refractivity contribution is -0.137. The zero-order valence-corrected chi connectivity index (χ0v) is 13.0. The Morgan fingerprint density at radius 2 is 1.90 bits per heavy atom. The van der Waals surface area contributed by atoms with Gasteiger partial charge in [0.2, 0.25) is 10.0 Å². The minimum Gasteiger partial charge on any atom is -0.481 e. The quantitative estimate of drug-likeness (QED) is 0.843. The van der Waals surface area contributed by atoms with Crippen LogP contribution in [0.2, 0.25) is 0 Å². The number of rotatable bonds is 6. The summed E-state index contributed by atoms with van der Waals surface area (Å²) in [6.07, 6.45) is 0.148. The molecule has 5 nitrogen and oxygen atoms in total. The van der Waals surface area contributed by atoms with Gasteiger partial charge in [-0.2, -0.15) is 0 Å². The van der Waals surface area contributed by atoms with Gasteiger partial charge in [-0.25, -0.2) is 13.1 Å². The third-order valence-electron chi connectivity index (χ3n) is 3.01. The van der Waals surface area contributed by atoms with Gasteiger partial charge in [-0.3, -0.25) is 4.79 Å². The van der Waals surface area contributed by atoms with Crippen LogP contribution in [0.4, 0.5) is 0 Å². The Bertz CT molecular complexity index is 606. The maximum absolute atomic E-state index is 12.4. The van der Waals surface area contributed by atoms with Crippen LogP contribution >= 0.6 is 0 Å². The maximum Gasteiger partial charge on any atom is 0.303 e. The van der Waals surface area contributed by atoms with Crippen molar-refractivity contribution in [2.24, 2.45) is 0 Å². The molecule has 0 aliphatic carbocycles. The van der Waals surface area contributed by atoms with Crippen molar-refractivity contribution in [3.05, 3.63) is 29.3 Å². The topological polar surface area (TPSA) is 83.5 Å². The van der Waals surface area contributed by atoms with Gasteiger partial charge in [0.1, 0.15) is 0 Å². The van der Waals surface area contributed by atoms with Gasteiger partial charge >= 0.3 is 5.97 Å². The van der Waals surface area contributed by atoms with E-state index in [0.29, 0.717) is 5.56 Å². The summed E-state index contributed by atoms with van der Waals surface area (Å²) < 4.78 is 27.4. The molecule has 112 valence electrons.